The predicted molar refractivity (Wildman–Crippen MR) is 406 cm³/mol. The van der Waals surface area contributed by atoms with E-state index in [2.05, 4.69) is 54.7 Å². The van der Waals surface area contributed by atoms with Gasteiger partial charge in [-0.25, -0.2) is 31.3 Å². The number of hydrogen-bond acceptors (Lipinski definition) is 24. The molecule has 0 spiro atoms. The number of pyridine rings is 5. The summed E-state index contributed by atoms with van der Waals surface area (Å²) in [6.07, 6.45) is 5.97. The first-order valence-corrected chi connectivity index (χ1v) is 43.8. The molecule has 5 aliphatic rings. The molecule has 0 aliphatic carbocycles. The van der Waals surface area contributed by atoms with Crippen LogP contribution in [0.2, 0.25) is 0 Å². The second kappa shape index (κ2) is 36.3. The zero-order valence-electron chi connectivity index (χ0n) is 59.3. The molecular formula is C68H82F4N5O22P3S6. The Hall–Kier alpha value is -5.22. The molecule has 0 amide bonds. The minimum atomic E-state index is -5.66. The Labute approximate surface area is 639 Å². The largest absolute Gasteiger partial charge is 0.490 e. The van der Waals surface area contributed by atoms with Gasteiger partial charge in [0.05, 0.1) is 53.1 Å². The van der Waals surface area contributed by atoms with Crippen molar-refractivity contribution in [3.05, 3.63) is 164 Å². The second-order valence-electron chi connectivity index (χ2n) is 25.8. The zero-order valence-corrected chi connectivity index (χ0v) is 66.8. The van der Waals surface area contributed by atoms with Crippen LogP contribution in [-0.2, 0) is 50.5 Å². The van der Waals surface area contributed by atoms with Crippen LogP contribution in [0, 0.1) is 45.7 Å². The van der Waals surface area contributed by atoms with Crippen molar-refractivity contribution in [2.24, 2.45) is 17.8 Å². The van der Waals surface area contributed by atoms with Crippen LogP contribution in [0.25, 0.3) is 50.4 Å². The first kappa shape index (κ1) is 85.2. The van der Waals surface area contributed by atoms with Crippen molar-refractivity contribution in [2.45, 2.75) is 181 Å². The molecule has 15 heterocycles. The van der Waals surface area contributed by atoms with Gasteiger partial charge in [0.1, 0.15) is 85.4 Å². The highest BCUT2D eigenvalue weighted by molar-refractivity contribution is 7.71. The third-order valence-electron chi connectivity index (χ3n) is 18.7. The molecule has 0 aromatic carbocycles. The van der Waals surface area contributed by atoms with Gasteiger partial charge in [-0.15, -0.1) is 56.7 Å². The van der Waals surface area contributed by atoms with Gasteiger partial charge in [-0.3, -0.25) is 42.0 Å². The predicted octanol–water partition coefficient (Wildman–Crippen LogP) is 14.9. The quantitative estimate of drug-likeness (QED) is 0.0268. The van der Waals surface area contributed by atoms with Crippen LogP contribution in [0.1, 0.15) is 138 Å². The number of fused-ring (bicyclic) bond motifs is 5. The van der Waals surface area contributed by atoms with E-state index in [-0.39, 0.29) is 95.0 Å². The molecule has 7 N–H and O–H groups in total. The molecule has 2 unspecified atom stereocenters. The lowest BCUT2D eigenvalue weighted by molar-refractivity contribution is -0.0455. The van der Waals surface area contributed by atoms with E-state index < -0.39 is 78.6 Å². The van der Waals surface area contributed by atoms with Gasteiger partial charge in [-0.2, -0.15) is 8.62 Å². The van der Waals surface area contributed by atoms with Crippen molar-refractivity contribution in [1.82, 2.24) is 22.8 Å². The molecular weight excluding hydrogens is 1600 g/mol. The van der Waals surface area contributed by atoms with Gasteiger partial charge in [0.2, 0.25) is 0 Å². The second-order valence-corrected chi connectivity index (χ2v) is 35.2. The third-order valence-corrected chi connectivity index (χ3v) is 27.6. The molecule has 5 fully saturated rings. The molecule has 15 rings (SSSR count). The standard InChI is InChI=1S/2C14H16FNO2S.C14H17NO2S.C12H15FNO12P3S2.C12H12FNO4S.C2H6/c2*1-3-11-8(2)6-12(18-11)16-7-10(15)9-4-5-19-13(9)14(16)17;1-3-11-9(2)8-12(17-11)15-6-4-10-5-7-18-13(10)14(15)16;13-7-4-14(12(30)11-6(7)1-2-31-11)10-3-8(15)9(24-10)5-23-28(19,20)26-29(21,22)25-27(16,17)18;13-7-4-14(10-3-8(16)9(5-15)18-10)12(17)11-6(7)1-2-19-11;1-2/h2*4-5,7-8,11-12H,3,6H2,1-2H3;4-7,9,11-12H,3,8H2,1-2H3;1-2,4,8-10,15H,3,5H2,(H,19,20)(H,21,22)(H2,16,17,18);1-2,4,8-10,15-16H,3,5H2;1-2H3/t2*8-,11-,12-;9-,11-,12-;2*8-,9-,10-;/m11111./s1. The fourth-order valence-corrected chi connectivity index (χ4v) is 21.0. The maximum absolute atomic E-state index is 14.3. The fourth-order valence-electron chi connectivity index (χ4n) is 13.3. The van der Waals surface area contributed by atoms with Crippen LogP contribution in [0.5, 0.6) is 0 Å². The van der Waals surface area contributed by atoms with Crippen molar-refractivity contribution in [3.8, 4) is 0 Å². The minimum Gasteiger partial charge on any atom is -0.394 e. The van der Waals surface area contributed by atoms with Gasteiger partial charge in [0.15, 0.2) is 0 Å². The maximum Gasteiger partial charge on any atom is 0.490 e. The summed E-state index contributed by atoms with van der Waals surface area (Å²) in [7, 11) is -16.6. The number of phosphoric acid groups is 3. The average Bonchev–Trinajstić information content (AvgIpc) is 1.60. The number of ether oxygens (including phenoxy) is 5. The van der Waals surface area contributed by atoms with E-state index in [0.717, 1.165) is 65.6 Å². The third kappa shape index (κ3) is 19.3. The summed E-state index contributed by atoms with van der Waals surface area (Å²) in [6.45, 7) is 15.5. The number of halogens is 4. The Morgan fingerprint density at radius 3 is 1.19 bits per heavy atom. The zero-order chi connectivity index (χ0) is 78.6. The van der Waals surface area contributed by atoms with Crippen LogP contribution in [0.4, 0.5) is 17.6 Å². The molecule has 10 aromatic heterocycles. The highest BCUT2D eigenvalue weighted by Crippen LogP contribution is 2.66. The van der Waals surface area contributed by atoms with Crippen molar-refractivity contribution >= 4 is 143 Å². The highest BCUT2D eigenvalue weighted by Gasteiger charge is 2.44. The summed E-state index contributed by atoms with van der Waals surface area (Å²) < 4.78 is 140. The van der Waals surface area contributed by atoms with E-state index >= 15 is 0 Å². The molecule has 0 radical (unpaired) electrons. The van der Waals surface area contributed by atoms with Gasteiger partial charge in [0, 0.05) is 65.4 Å². The highest BCUT2D eigenvalue weighted by atomic mass is 32.1. The topological polar surface area (TPSA) is 360 Å². The summed E-state index contributed by atoms with van der Waals surface area (Å²) in [5.74, 6) is -0.473. The van der Waals surface area contributed by atoms with E-state index in [9.17, 15) is 65.5 Å². The molecule has 5 saturated heterocycles. The summed E-state index contributed by atoms with van der Waals surface area (Å²) in [6, 6.07) is 10.4. The van der Waals surface area contributed by atoms with Gasteiger partial charge in [0.25, 0.3) is 22.2 Å². The normalized spacial score (nSPS) is 26.6. The average molecular weight is 1680 g/mol. The first-order chi connectivity index (χ1) is 51.2. The van der Waals surface area contributed by atoms with Crippen LogP contribution in [0.15, 0.2) is 113 Å². The van der Waals surface area contributed by atoms with E-state index in [4.69, 9.17) is 55.7 Å². The van der Waals surface area contributed by atoms with E-state index in [1.165, 1.54) is 82.8 Å². The maximum atomic E-state index is 14.3. The number of hydrogen-bond donors (Lipinski definition) is 7. The smallest absolute Gasteiger partial charge is 0.394 e. The van der Waals surface area contributed by atoms with Gasteiger partial charge in [-0.1, -0.05) is 67.6 Å². The number of aliphatic hydroxyl groups excluding tert-OH is 3. The number of phosphoric ester groups is 1. The summed E-state index contributed by atoms with van der Waals surface area (Å²) in [5.41, 5.74) is -0.570. The van der Waals surface area contributed by atoms with E-state index in [0.29, 0.717) is 58.1 Å². The number of aromatic nitrogens is 5. The van der Waals surface area contributed by atoms with Crippen molar-refractivity contribution in [3.63, 3.8) is 0 Å². The Morgan fingerprint density at radius 1 is 0.463 bits per heavy atom. The molecule has 5 aliphatic heterocycles. The Morgan fingerprint density at radius 2 is 0.796 bits per heavy atom. The lowest BCUT2D eigenvalue weighted by atomic mass is 10.0. The number of rotatable bonds is 16. The summed E-state index contributed by atoms with van der Waals surface area (Å²) in [4.78, 5) is 84.9. The van der Waals surface area contributed by atoms with E-state index in [1.807, 2.05) is 37.6 Å². The molecule has 0 bridgehead atoms. The molecule has 10 aromatic rings. The lowest BCUT2D eigenvalue weighted by Crippen LogP contribution is -2.26. The first-order valence-electron chi connectivity index (χ1n) is 34.4. The van der Waals surface area contributed by atoms with Crippen LogP contribution >= 0.6 is 92.4 Å². The van der Waals surface area contributed by atoms with Crippen molar-refractivity contribution in [1.29, 1.82) is 0 Å². The van der Waals surface area contributed by atoms with Gasteiger partial charge < -0.3 is 63.1 Å². The van der Waals surface area contributed by atoms with Gasteiger partial charge in [-0.05, 0) is 125 Å². The summed E-state index contributed by atoms with van der Waals surface area (Å²) in [5, 5.41) is 40.1. The molecule has 0 saturated carbocycles. The Bertz CT molecular complexity index is 5000. The molecule has 590 valence electrons. The molecule has 17 atom stereocenters. The van der Waals surface area contributed by atoms with Gasteiger partial charge >= 0.3 is 23.5 Å². The summed E-state index contributed by atoms with van der Waals surface area (Å²) >= 11 is 11.8. The number of thiophene rings is 5. The Kier molecular flexibility index (Phi) is 28.6. The SMILES string of the molecule is CC.CC[C@H]1O[C@@H](n2cc(F)c3ccsc3c2=O)C[C@H]1C.CC[C@H]1O[C@@H](n2cc(F)c3ccsc3c2=O)C[C@H]1C.CC[C@H]1O[C@@H](n2ccc3ccsc3c2=O)C[C@H]1C.O=P(O)(O)OP(=O)(O)OP(=O)(O)OC[C@H]1O[C@@H](n2cc(F)c3ccsc3c2=S)C[C@H]1O.O=c1c2sccc2c(F)cn1[C@H]1C[C@@H](O)[C@@H](CO)O1. The van der Waals surface area contributed by atoms with Crippen LogP contribution < -0.4 is 22.2 Å². The van der Waals surface area contributed by atoms with Crippen LogP contribution in [-0.4, -0.2) is 114 Å². The van der Waals surface area contributed by atoms with Crippen molar-refractivity contribution < 1.29 is 103 Å². The van der Waals surface area contributed by atoms with Crippen molar-refractivity contribution in [2.75, 3.05) is 13.2 Å². The van der Waals surface area contributed by atoms with Crippen LogP contribution in [0.3, 0.4) is 0 Å². The minimum absolute atomic E-state index is 0.0800. The van der Waals surface area contributed by atoms with E-state index in [1.54, 1.807) is 50.4 Å². The lowest BCUT2D eigenvalue weighted by Gasteiger charge is -2.20. The number of aliphatic hydroxyl groups is 3. The molecule has 40 heteroatoms. The molecule has 108 heavy (non-hydrogen) atoms. The monoisotopic (exact) mass is 1680 g/mol. The fraction of sp³-hybridized carbons (Fsp3) is 0.485. The number of nitrogens with zero attached hydrogens (tertiary/aromatic N) is 5. The molecule has 27 nitrogen and oxygen atoms in total. The Balaban J connectivity index is 0.000000146.